The highest BCUT2D eigenvalue weighted by atomic mass is 32.1. The van der Waals surface area contributed by atoms with Crippen molar-refractivity contribution in [3.8, 4) is 10.4 Å². The third-order valence-electron chi connectivity index (χ3n) is 5.43. The van der Waals surface area contributed by atoms with E-state index in [9.17, 15) is 4.79 Å². The Morgan fingerprint density at radius 3 is 2.77 bits per heavy atom. The van der Waals surface area contributed by atoms with Crippen molar-refractivity contribution in [3.05, 3.63) is 42.2 Å². The lowest BCUT2D eigenvalue weighted by Gasteiger charge is -2.26. The van der Waals surface area contributed by atoms with Crippen molar-refractivity contribution in [3.63, 3.8) is 0 Å². The van der Waals surface area contributed by atoms with E-state index in [2.05, 4.69) is 43.3 Å². The molecular formula is C23H29N5O2S. The molecule has 0 radical (unpaired) electrons. The Kier molecular flexibility index (Phi) is 7.11. The van der Waals surface area contributed by atoms with Gasteiger partial charge in [0.1, 0.15) is 16.5 Å². The van der Waals surface area contributed by atoms with Gasteiger partial charge in [0.15, 0.2) is 0 Å². The minimum atomic E-state index is 0.0671. The Hall–Kier alpha value is -2.55. The van der Waals surface area contributed by atoms with Crippen LogP contribution >= 0.6 is 11.3 Å². The number of benzene rings is 1. The van der Waals surface area contributed by atoms with Gasteiger partial charge < -0.3 is 15.0 Å². The third-order valence-corrected chi connectivity index (χ3v) is 6.51. The fourth-order valence-electron chi connectivity index (χ4n) is 3.69. The van der Waals surface area contributed by atoms with Crippen LogP contribution in [0.1, 0.15) is 12.2 Å². The highest BCUT2D eigenvalue weighted by Crippen LogP contribution is 2.36. The summed E-state index contributed by atoms with van der Waals surface area (Å²) in [5, 5.41) is 4.06. The number of morpholine rings is 1. The van der Waals surface area contributed by atoms with Gasteiger partial charge in [-0.25, -0.2) is 9.97 Å². The number of aromatic nitrogens is 2. The standard InChI is InChI=1S/C23H29N5O2S/c1-17-25-22(19-16-20(31-23(19)26-17)18-6-4-3-5-7-18)27(2)10-8-21(29)24-9-11-28-12-14-30-15-13-28/h3-7,16H,8-15H2,1-2H3,(H,24,29). The summed E-state index contributed by atoms with van der Waals surface area (Å²) in [7, 11) is 1.99. The van der Waals surface area contributed by atoms with Crippen molar-refractivity contribution in [2.45, 2.75) is 13.3 Å². The normalized spacial score (nSPS) is 14.6. The van der Waals surface area contributed by atoms with Crippen LogP contribution in [0.15, 0.2) is 36.4 Å². The molecular weight excluding hydrogens is 410 g/mol. The number of hydrogen-bond donors (Lipinski definition) is 1. The molecule has 0 saturated carbocycles. The topological polar surface area (TPSA) is 70.6 Å². The van der Waals surface area contributed by atoms with Gasteiger partial charge in [-0.15, -0.1) is 11.3 Å². The molecule has 2 aromatic heterocycles. The molecule has 0 atom stereocenters. The van der Waals surface area contributed by atoms with Crippen molar-refractivity contribution < 1.29 is 9.53 Å². The molecule has 1 aromatic carbocycles. The Morgan fingerprint density at radius 2 is 2.00 bits per heavy atom. The number of fused-ring (bicyclic) bond motifs is 1. The summed E-state index contributed by atoms with van der Waals surface area (Å²) in [5.41, 5.74) is 1.18. The minimum Gasteiger partial charge on any atom is -0.379 e. The Morgan fingerprint density at radius 1 is 1.23 bits per heavy atom. The van der Waals surface area contributed by atoms with Gasteiger partial charge in [-0.1, -0.05) is 30.3 Å². The highest BCUT2D eigenvalue weighted by molar-refractivity contribution is 7.21. The number of carbonyl (C=O) groups is 1. The van der Waals surface area contributed by atoms with E-state index in [0.717, 1.165) is 54.7 Å². The van der Waals surface area contributed by atoms with Crippen LogP contribution in [-0.2, 0) is 9.53 Å². The predicted molar refractivity (Wildman–Crippen MR) is 126 cm³/mol. The van der Waals surface area contributed by atoms with Gasteiger partial charge in [0.05, 0.1) is 18.6 Å². The van der Waals surface area contributed by atoms with Crippen LogP contribution in [0.3, 0.4) is 0 Å². The lowest BCUT2D eigenvalue weighted by Crippen LogP contribution is -2.41. The first-order valence-corrected chi connectivity index (χ1v) is 11.5. The zero-order chi connectivity index (χ0) is 21.6. The second-order valence-electron chi connectivity index (χ2n) is 7.77. The smallest absolute Gasteiger partial charge is 0.221 e. The largest absolute Gasteiger partial charge is 0.379 e. The second kappa shape index (κ2) is 10.2. The lowest BCUT2D eigenvalue weighted by atomic mass is 10.2. The van der Waals surface area contributed by atoms with Gasteiger partial charge >= 0.3 is 0 Å². The number of rotatable bonds is 8. The zero-order valence-electron chi connectivity index (χ0n) is 18.1. The summed E-state index contributed by atoms with van der Waals surface area (Å²) in [6, 6.07) is 12.5. The van der Waals surface area contributed by atoms with Crippen LogP contribution in [0.5, 0.6) is 0 Å². The fraction of sp³-hybridized carbons (Fsp3) is 0.435. The van der Waals surface area contributed by atoms with Crippen LogP contribution in [0.4, 0.5) is 5.82 Å². The van der Waals surface area contributed by atoms with E-state index in [0.29, 0.717) is 19.5 Å². The molecule has 1 amide bonds. The molecule has 8 heteroatoms. The van der Waals surface area contributed by atoms with Gasteiger partial charge in [-0.2, -0.15) is 0 Å². The van der Waals surface area contributed by atoms with Crippen LogP contribution < -0.4 is 10.2 Å². The number of nitrogens with one attached hydrogen (secondary N) is 1. The van der Waals surface area contributed by atoms with Crippen molar-refractivity contribution >= 4 is 33.3 Å². The molecule has 31 heavy (non-hydrogen) atoms. The Labute approximate surface area is 187 Å². The molecule has 1 aliphatic heterocycles. The molecule has 4 rings (SSSR count). The predicted octanol–water partition coefficient (Wildman–Crippen LogP) is 2.94. The summed E-state index contributed by atoms with van der Waals surface area (Å²) in [5.74, 6) is 1.69. The molecule has 3 aromatic rings. The van der Waals surface area contributed by atoms with Gasteiger partial charge in [-0.05, 0) is 18.6 Å². The number of aryl methyl sites for hydroxylation is 1. The average Bonchev–Trinajstić information content (AvgIpc) is 3.22. The van der Waals surface area contributed by atoms with E-state index in [-0.39, 0.29) is 5.91 Å². The minimum absolute atomic E-state index is 0.0671. The van der Waals surface area contributed by atoms with Gasteiger partial charge in [0.2, 0.25) is 5.91 Å². The van der Waals surface area contributed by atoms with Crippen molar-refractivity contribution in [2.75, 3.05) is 57.9 Å². The number of thiophene rings is 1. The van der Waals surface area contributed by atoms with Gasteiger partial charge in [-0.3, -0.25) is 9.69 Å². The first-order chi connectivity index (χ1) is 15.1. The maximum absolute atomic E-state index is 12.3. The average molecular weight is 440 g/mol. The monoisotopic (exact) mass is 439 g/mol. The van der Waals surface area contributed by atoms with Crippen LogP contribution in [0.25, 0.3) is 20.7 Å². The van der Waals surface area contributed by atoms with E-state index >= 15 is 0 Å². The van der Waals surface area contributed by atoms with Crippen molar-refractivity contribution in [2.24, 2.45) is 0 Å². The van der Waals surface area contributed by atoms with Gasteiger partial charge in [0, 0.05) is 51.1 Å². The number of ether oxygens (including phenoxy) is 1. The molecule has 3 heterocycles. The summed E-state index contributed by atoms with van der Waals surface area (Å²) < 4.78 is 5.36. The number of amides is 1. The molecule has 1 saturated heterocycles. The molecule has 0 unspecified atom stereocenters. The molecule has 164 valence electrons. The molecule has 0 bridgehead atoms. The molecule has 1 fully saturated rings. The van der Waals surface area contributed by atoms with E-state index in [4.69, 9.17) is 4.74 Å². The van der Waals surface area contributed by atoms with E-state index < -0.39 is 0 Å². The first-order valence-electron chi connectivity index (χ1n) is 10.7. The van der Waals surface area contributed by atoms with Crippen molar-refractivity contribution in [1.29, 1.82) is 0 Å². The Bertz CT molecular complexity index is 1020. The Balaban J connectivity index is 1.37. The molecule has 1 N–H and O–H groups in total. The summed E-state index contributed by atoms with van der Waals surface area (Å²) >= 11 is 1.67. The van der Waals surface area contributed by atoms with Crippen LogP contribution in [0, 0.1) is 6.92 Å². The highest BCUT2D eigenvalue weighted by Gasteiger charge is 2.16. The lowest BCUT2D eigenvalue weighted by molar-refractivity contribution is -0.121. The maximum Gasteiger partial charge on any atom is 0.221 e. The van der Waals surface area contributed by atoms with Crippen LogP contribution in [0.2, 0.25) is 0 Å². The van der Waals surface area contributed by atoms with Gasteiger partial charge in [0.25, 0.3) is 0 Å². The summed E-state index contributed by atoms with van der Waals surface area (Å²) in [4.78, 5) is 28.2. The second-order valence-corrected chi connectivity index (χ2v) is 8.80. The van der Waals surface area contributed by atoms with Crippen LogP contribution in [-0.4, -0.2) is 73.8 Å². The molecule has 1 aliphatic rings. The number of nitrogens with zero attached hydrogens (tertiary/aromatic N) is 4. The summed E-state index contributed by atoms with van der Waals surface area (Å²) in [6.07, 6.45) is 0.430. The van der Waals surface area contributed by atoms with E-state index in [1.54, 1.807) is 11.3 Å². The number of carbonyl (C=O) groups excluding carboxylic acids is 1. The zero-order valence-corrected chi connectivity index (χ0v) is 19.0. The fourth-order valence-corrected chi connectivity index (χ4v) is 4.76. The first kappa shape index (κ1) is 21.7. The quantitative estimate of drug-likeness (QED) is 0.582. The summed E-state index contributed by atoms with van der Waals surface area (Å²) in [6.45, 7) is 7.49. The number of hydrogen-bond acceptors (Lipinski definition) is 7. The van der Waals surface area contributed by atoms with Crippen molar-refractivity contribution in [1.82, 2.24) is 20.2 Å². The number of anilines is 1. The molecule has 0 aliphatic carbocycles. The third kappa shape index (κ3) is 5.58. The van der Waals surface area contributed by atoms with E-state index in [1.807, 2.05) is 32.2 Å². The van der Waals surface area contributed by atoms with E-state index in [1.165, 1.54) is 10.4 Å². The molecule has 7 nitrogen and oxygen atoms in total. The maximum atomic E-state index is 12.3. The SMILES string of the molecule is Cc1nc(N(C)CCC(=O)NCCN2CCOCC2)c2cc(-c3ccccc3)sc2n1. The molecule has 0 spiro atoms.